The fourth-order valence-corrected chi connectivity index (χ4v) is 3.10. The van der Waals surface area contributed by atoms with E-state index in [-0.39, 0.29) is 11.8 Å². The number of guanidine groups is 1. The molecule has 1 aliphatic heterocycles. The molecule has 5 heteroatoms. The van der Waals surface area contributed by atoms with Crippen molar-refractivity contribution in [2.75, 3.05) is 14.1 Å². The van der Waals surface area contributed by atoms with Gasteiger partial charge in [-0.3, -0.25) is 0 Å². The van der Waals surface area contributed by atoms with Crippen LogP contribution in [0.5, 0.6) is 0 Å². The van der Waals surface area contributed by atoms with Crippen LogP contribution < -0.4 is 5.73 Å². The molecule has 0 bridgehead atoms. The van der Waals surface area contributed by atoms with E-state index in [1.165, 1.54) is 16.7 Å². The molecule has 22 heavy (non-hydrogen) atoms. The molecule has 0 aliphatic carbocycles. The Morgan fingerprint density at radius 1 is 1.27 bits per heavy atom. The molecule has 2 unspecified atom stereocenters. The lowest BCUT2D eigenvalue weighted by atomic mass is 9.87. The van der Waals surface area contributed by atoms with Crippen LogP contribution in [0.2, 0.25) is 0 Å². The predicted molar refractivity (Wildman–Crippen MR) is 93.2 cm³/mol. The lowest BCUT2D eigenvalue weighted by Crippen LogP contribution is -2.30. The quantitative estimate of drug-likeness (QED) is 0.901. The number of nitrogens with two attached hydrogens (primary N) is 1. The van der Waals surface area contributed by atoms with Gasteiger partial charge in [0.15, 0.2) is 0 Å². The highest BCUT2D eigenvalue weighted by Crippen LogP contribution is 2.36. The third kappa shape index (κ3) is 2.93. The van der Waals surface area contributed by atoms with Crippen molar-refractivity contribution in [1.29, 1.82) is 0 Å². The monoisotopic (exact) mass is 301 g/mol. The number of aromatic amines is 1. The van der Waals surface area contributed by atoms with Crippen LogP contribution in [0.4, 0.5) is 0 Å². The molecule has 0 spiro atoms. The largest absolute Gasteiger partial charge is 0.368 e. The molecule has 2 atom stereocenters. The minimum Gasteiger partial charge on any atom is -0.368 e. The van der Waals surface area contributed by atoms with Gasteiger partial charge in [-0.25, -0.2) is 4.99 Å². The van der Waals surface area contributed by atoms with Gasteiger partial charge in [-0.2, -0.15) is 4.99 Å². The number of allylic oxidation sites excluding steroid dienone is 1. The van der Waals surface area contributed by atoms with Crippen LogP contribution in [0.15, 0.2) is 33.6 Å². The normalized spacial score (nSPS) is 20.4. The number of hydrogen-bond donors (Lipinski definition) is 2. The van der Waals surface area contributed by atoms with Gasteiger partial charge < -0.3 is 15.6 Å². The summed E-state index contributed by atoms with van der Waals surface area (Å²) in [6, 6.07) is 0. The van der Waals surface area contributed by atoms with Gasteiger partial charge in [-0.05, 0) is 37.0 Å². The van der Waals surface area contributed by atoms with Gasteiger partial charge in [0.05, 0.1) is 5.70 Å². The molecule has 3 N–H and O–H groups in total. The molecular weight excluding hydrogens is 274 g/mol. The maximum absolute atomic E-state index is 6.06. The predicted octanol–water partition coefficient (Wildman–Crippen LogP) is 3.02. The summed E-state index contributed by atoms with van der Waals surface area (Å²) in [5.74, 6) is 1.73. The highest BCUT2D eigenvalue weighted by Gasteiger charge is 2.26. The molecule has 120 valence electrons. The highest BCUT2D eigenvalue weighted by molar-refractivity contribution is 5.98. The van der Waals surface area contributed by atoms with Crippen molar-refractivity contribution in [2.45, 2.75) is 40.0 Å². The summed E-state index contributed by atoms with van der Waals surface area (Å²) in [7, 11) is 3.99. The Hall–Kier alpha value is -2.04. The van der Waals surface area contributed by atoms with Gasteiger partial charge in [-0.1, -0.05) is 13.8 Å². The molecule has 2 heterocycles. The first kappa shape index (κ1) is 16.3. The summed E-state index contributed by atoms with van der Waals surface area (Å²) < 4.78 is 0. The summed E-state index contributed by atoms with van der Waals surface area (Å²) in [4.78, 5) is 14.4. The summed E-state index contributed by atoms with van der Waals surface area (Å²) in [5, 5.41) is 0. The van der Waals surface area contributed by atoms with Crippen molar-refractivity contribution in [2.24, 2.45) is 21.6 Å². The number of nitrogens with zero attached hydrogens (tertiary/aromatic N) is 3. The Kier molecular flexibility index (Phi) is 4.74. The van der Waals surface area contributed by atoms with E-state index in [2.05, 4.69) is 48.9 Å². The molecule has 2 rings (SSSR count). The molecule has 0 saturated carbocycles. The van der Waals surface area contributed by atoms with E-state index in [9.17, 15) is 0 Å². The van der Waals surface area contributed by atoms with Gasteiger partial charge in [0.25, 0.3) is 0 Å². The van der Waals surface area contributed by atoms with E-state index in [1.807, 2.05) is 25.2 Å². The minimum absolute atomic E-state index is 0.197. The molecule has 1 aromatic heterocycles. The topological polar surface area (TPSA) is 69.8 Å². The highest BCUT2D eigenvalue weighted by atomic mass is 15.2. The van der Waals surface area contributed by atoms with Crippen molar-refractivity contribution in [3.05, 3.63) is 34.8 Å². The number of aryl methyl sites for hydroxylation is 1. The Morgan fingerprint density at radius 2 is 1.95 bits per heavy atom. The number of rotatable bonds is 3. The third-order valence-electron chi connectivity index (χ3n) is 4.47. The Bertz CT molecular complexity index is 633. The van der Waals surface area contributed by atoms with Crippen LogP contribution in [0.25, 0.3) is 0 Å². The lowest BCUT2D eigenvalue weighted by molar-refractivity contribution is 0.580. The maximum atomic E-state index is 6.06. The average molecular weight is 301 g/mol. The Balaban J connectivity index is 2.54. The molecular formula is C17H27N5. The van der Waals surface area contributed by atoms with Crippen LogP contribution in [0.1, 0.15) is 44.2 Å². The van der Waals surface area contributed by atoms with Crippen molar-refractivity contribution in [1.82, 2.24) is 9.88 Å². The number of hydrogen-bond acceptors (Lipinski definition) is 4. The van der Waals surface area contributed by atoms with E-state index in [0.29, 0.717) is 5.96 Å². The molecule has 0 aromatic carbocycles. The third-order valence-corrected chi connectivity index (χ3v) is 4.47. The van der Waals surface area contributed by atoms with Gasteiger partial charge in [0.1, 0.15) is 5.84 Å². The van der Waals surface area contributed by atoms with Crippen LogP contribution in [0, 0.1) is 12.8 Å². The van der Waals surface area contributed by atoms with Gasteiger partial charge >= 0.3 is 0 Å². The molecule has 0 saturated heterocycles. The first-order valence-electron chi connectivity index (χ1n) is 7.80. The van der Waals surface area contributed by atoms with E-state index < -0.39 is 0 Å². The zero-order valence-electron chi connectivity index (χ0n) is 14.4. The number of amidine groups is 1. The standard InChI is InChI=1S/C17H27N5/c1-7-13(14-9-19-8-10(14)2)15-11(3)12(4)16(22(5)6)21-17(18)20-15/h8-9,12-13,19H,7H2,1-6H3,(H2,18,20). The molecule has 1 aromatic rings. The molecule has 0 amide bonds. The number of nitrogens with one attached hydrogen (secondary N) is 1. The average Bonchev–Trinajstić information content (AvgIpc) is 2.84. The second-order valence-electron chi connectivity index (χ2n) is 6.18. The van der Waals surface area contributed by atoms with Gasteiger partial charge in [0.2, 0.25) is 5.96 Å². The van der Waals surface area contributed by atoms with Crippen molar-refractivity contribution < 1.29 is 0 Å². The zero-order valence-corrected chi connectivity index (χ0v) is 14.4. The molecule has 1 aliphatic rings. The molecule has 0 radical (unpaired) electrons. The second kappa shape index (κ2) is 6.38. The first-order valence-corrected chi connectivity index (χ1v) is 7.80. The van der Waals surface area contributed by atoms with Gasteiger partial charge in [0, 0.05) is 38.3 Å². The SMILES string of the molecule is CCC(C1=C(C)C(C)C(N(C)C)=NC(N)=N1)c1c[nH]cc1C. The van der Waals surface area contributed by atoms with Crippen molar-refractivity contribution in [3.8, 4) is 0 Å². The zero-order chi connectivity index (χ0) is 16.4. The molecule has 5 nitrogen and oxygen atoms in total. The fraction of sp³-hybridized carbons (Fsp3) is 0.529. The van der Waals surface area contributed by atoms with Gasteiger partial charge in [-0.15, -0.1) is 0 Å². The molecule has 0 fully saturated rings. The van der Waals surface area contributed by atoms with E-state index in [0.717, 1.165) is 18.0 Å². The van der Waals surface area contributed by atoms with Crippen molar-refractivity contribution in [3.63, 3.8) is 0 Å². The van der Waals surface area contributed by atoms with Crippen molar-refractivity contribution >= 4 is 11.8 Å². The minimum atomic E-state index is 0.197. The second-order valence-corrected chi connectivity index (χ2v) is 6.18. The van der Waals surface area contributed by atoms with Crippen LogP contribution in [0.3, 0.4) is 0 Å². The summed E-state index contributed by atoms with van der Waals surface area (Å²) >= 11 is 0. The van der Waals surface area contributed by atoms with E-state index in [1.54, 1.807) is 0 Å². The van der Waals surface area contributed by atoms with E-state index in [4.69, 9.17) is 5.73 Å². The smallest absolute Gasteiger partial charge is 0.221 e. The number of aromatic nitrogens is 1. The number of H-pyrrole nitrogens is 1. The number of aliphatic imine (C=N–C) groups is 2. The summed E-state index contributed by atoms with van der Waals surface area (Å²) in [6.45, 7) is 8.62. The van der Waals surface area contributed by atoms with E-state index >= 15 is 0 Å². The first-order chi connectivity index (χ1) is 10.4. The Morgan fingerprint density at radius 3 is 2.45 bits per heavy atom. The fourth-order valence-electron chi connectivity index (χ4n) is 3.10. The summed E-state index contributed by atoms with van der Waals surface area (Å²) in [5.41, 5.74) is 10.9. The van der Waals surface area contributed by atoms with Crippen LogP contribution in [-0.2, 0) is 0 Å². The Labute approximate surface area is 133 Å². The lowest BCUT2D eigenvalue weighted by Gasteiger charge is -2.24. The summed E-state index contributed by atoms with van der Waals surface area (Å²) in [6.07, 6.45) is 5.08. The van der Waals surface area contributed by atoms with Crippen LogP contribution in [-0.4, -0.2) is 35.8 Å². The van der Waals surface area contributed by atoms with Crippen LogP contribution >= 0.6 is 0 Å². The maximum Gasteiger partial charge on any atom is 0.221 e.